The van der Waals surface area contributed by atoms with Gasteiger partial charge in [0.2, 0.25) is 11.8 Å². The van der Waals surface area contributed by atoms with E-state index in [-0.39, 0.29) is 36.5 Å². The normalized spacial score (nSPS) is 10.3. The van der Waals surface area contributed by atoms with E-state index in [1.54, 1.807) is 7.05 Å². The van der Waals surface area contributed by atoms with E-state index in [9.17, 15) is 14.4 Å². The largest absolute Gasteiger partial charge is 0.353 e. The van der Waals surface area contributed by atoms with Crippen LogP contribution >= 0.6 is 0 Å². The highest BCUT2D eigenvalue weighted by molar-refractivity contribution is 5.85. The predicted octanol–water partition coefficient (Wildman–Crippen LogP) is -0.166. The van der Waals surface area contributed by atoms with Gasteiger partial charge in [-0.05, 0) is 13.5 Å². The molecular formula is C13H25N3O3. The van der Waals surface area contributed by atoms with Crippen molar-refractivity contribution in [1.29, 1.82) is 0 Å². The van der Waals surface area contributed by atoms with Gasteiger partial charge in [-0.2, -0.15) is 0 Å². The van der Waals surface area contributed by atoms with E-state index < -0.39 is 0 Å². The van der Waals surface area contributed by atoms with Crippen LogP contribution in [0.2, 0.25) is 0 Å². The lowest BCUT2D eigenvalue weighted by molar-refractivity contribution is -0.126. The first-order chi connectivity index (χ1) is 8.97. The van der Waals surface area contributed by atoms with E-state index in [0.29, 0.717) is 25.9 Å². The molecule has 6 heteroatoms. The average Bonchev–Trinajstić information content (AvgIpc) is 2.36. The lowest BCUT2D eigenvalue weighted by Crippen LogP contribution is -2.39. The highest BCUT2D eigenvalue weighted by atomic mass is 16.2. The van der Waals surface area contributed by atoms with Crippen LogP contribution in [0.5, 0.6) is 0 Å². The van der Waals surface area contributed by atoms with Crippen molar-refractivity contribution in [2.45, 2.75) is 33.1 Å². The Morgan fingerprint density at radius 2 is 1.63 bits per heavy atom. The Kier molecular flexibility index (Phi) is 9.70. The molecule has 0 unspecified atom stereocenters. The minimum absolute atomic E-state index is 0.0132. The highest BCUT2D eigenvalue weighted by Crippen LogP contribution is 2.03. The first-order valence-electron chi connectivity index (χ1n) is 6.68. The van der Waals surface area contributed by atoms with Gasteiger partial charge in [0, 0.05) is 31.8 Å². The molecule has 0 aromatic rings. The van der Waals surface area contributed by atoms with Crippen molar-refractivity contribution in [2.75, 3.05) is 26.7 Å². The maximum absolute atomic E-state index is 11.4. The minimum atomic E-state index is -0.207. The average molecular weight is 271 g/mol. The maximum Gasteiger partial charge on any atom is 0.239 e. The maximum atomic E-state index is 11.4. The van der Waals surface area contributed by atoms with Crippen molar-refractivity contribution in [3.8, 4) is 0 Å². The number of nitrogens with one attached hydrogen (secondary N) is 3. The molecule has 0 aliphatic carbocycles. The van der Waals surface area contributed by atoms with E-state index in [2.05, 4.69) is 16.0 Å². The number of hydrogen-bond acceptors (Lipinski definition) is 4. The van der Waals surface area contributed by atoms with Gasteiger partial charge in [0.25, 0.3) is 0 Å². The molecule has 0 bridgehead atoms. The molecule has 0 heterocycles. The van der Waals surface area contributed by atoms with Crippen LogP contribution in [0.3, 0.4) is 0 Å². The molecule has 6 nitrogen and oxygen atoms in total. The molecule has 0 rings (SSSR count). The summed E-state index contributed by atoms with van der Waals surface area (Å²) in [5, 5.41) is 8.09. The Morgan fingerprint density at radius 3 is 2.21 bits per heavy atom. The second-order valence-electron chi connectivity index (χ2n) is 4.70. The molecule has 0 saturated heterocycles. The molecule has 110 valence electrons. The zero-order valence-corrected chi connectivity index (χ0v) is 12.0. The number of Topliss-reactive ketones (excluding diaryl/α,β-unsaturated/α-hetero) is 1. The quantitative estimate of drug-likeness (QED) is 0.482. The number of likely N-dealkylation sites (N-methyl/N-ethyl adjacent to an activating group) is 1. The second kappa shape index (κ2) is 10.5. The molecule has 0 aromatic carbocycles. The first kappa shape index (κ1) is 17.6. The van der Waals surface area contributed by atoms with Crippen LogP contribution in [0.1, 0.15) is 33.1 Å². The third-order valence-electron chi connectivity index (χ3n) is 2.61. The third-order valence-corrected chi connectivity index (χ3v) is 2.61. The molecule has 0 saturated carbocycles. The Balaban J connectivity index is 3.59. The standard InChI is InChI=1S/C13H25N3O3/c1-10(2)11(17)5-4-6-12(18)16-9-13(19)15-8-7-14-3/h10,14H,4-9H2,1-3H3,(H,15,19)(H,16,18). The number of carbonyl (C=O) groups excluding carboxylic acids is 3. The number of rotatable bonds is 10. The lowest BCUT2D eigenvalue weighted by Gasteiger charge is -2.07. The van der Waals surface area contributed by atoms with Crippen LogP contribution in [0.4, 0.5) is 0 Å². The van der Waals surface area contributed by atoms with Gasteiger partial charge in [-0.25, -0.2) is 0 Å². The van der Waals surface area contributed by atoms with E-state index in [1.165, 1.54) is 0 Å². The summed E-state index contributed by atoms with van der Waals surface area (Å²) in [5.41, 5.74) is 0. The molecule has 0 atom stereocenters. The molecule has 0 aromatic heterocycles. The Hall–Kier alpha value is -1.43. The summed E-state index contributed by atoms with van der Waals surface area (Å²) in [6, 6.07) is 0. The predicted molar refractivity (Wildman–Crippen MR) is 73.6 cm³/mol. The third kappa shape index (κ3) is 10.2. The van der Waals surface area contributed by atoms with E-state index in [4.69, 9.17) is 0 Å². The van der Waals surface area contributed by atoms with Gasteiger partial charge in [0.15, 0.2) is 0 Å². The zero-order valence-electron chi connectivity index (χ0n) is 12.0. The Labute approximate surface area is 114 Å². The molecule has 19 heavy (non-hydrogen) atoms. The molecule has 0 aliphatic heterocycles. The van der Waals surface area contributed by atoms with E-state index in [0.717, 1.165) is 0 Å². The summed E-state index contributed by atoms with van der Waals surface area (Å²) in [5.74, 6) is -0.221. The van der Waals surface area contributed by atoms with Crippen LogP contribution in [0.25, 0.3) is 0 Å². The van der Waals surface area contributed by atoms with Gasteiger partial charge in [0.05, 0.1) is 6.54 Å². The summed E-state index contributed by atoms with van der Waals surface area (Å²) in [7, 11) is 1.80. The first-order valence-corrected chi connectivity index (χ1v) is 6.68. The topological polar surface area (TPSA) is 87.3 Å². The van der Waals surface area contributed by atoms with Crippen molar-refractivity contribution in [1.82, 2.24) is 16.0 Å². The van der Waals surface area contributed by atoms with Crippen molar-refractivity contribution in [3.05, 3.63) is 0 Å². The van der Waals surface area contributed by atoms with Crippen LogP contribution < -0.4 is 16.0 Å². The van der Waals surface area contributed by atoms with Gasteiger partial charge in [-0.15, -0.1) is 0 Å². The molecule has 0 fully saturated rings. The van der Waals surface area contributed by atoms with E-state index >= 15 is 0 Å². The summed E-state index contributed by atoms with van der Waals surface area (Å²) >= 11 is 0. The summed E-state index contributed by atoms with van der Waals surface area (Å²) in [4.78, 5) is 34.0. The van der Waals surface area contributed by atoms with Crippen molar-refractivity contribution in [3.63, 3.8) is 0 Å². The van der Waals surface area contributed by atoms with Crippen LogP contribution in [0, 0.1) is 5.92 Å². The molecular weight excluding hydrogens is 246 g/mol. The van der Waals surface area contributed by atoms with E-state index in [1.807, 2.05) is 13.8 Å². The molecule has 0 aliphatic rings. The fraction of sp³-hybridized carbons (Fsp3) is 0.769. The zero-order chi connectivity index (χ0) is 14.7. The van der Waals surface area contributed by atoms with Crippen LogP contribution in [-0.2, 0) is 14.4 Å². The summed E-state index contributed by atoms with van der Waals surface area (Å²) in [6.07, 6.45) is 1.23. The fourth-order valence-corrected chi connectivity index (χ4v) is 1.37. The highest BCUT2D eigenvalue weighted by Gasteiger charge is 2.09. The second-order valence-corrected chi connectivity index (χ2v) is 4.70. The van der Waals surface area contributed by atoms with Gasteiger partial charge in [-0.1, -0.05) is 13.8 Å². The van der Waals surface area contributed by atoms with Gasteiger partial charge in [0.1, 0.15) is 5.78 Å². The SMILES string of the molecule is CNCCNC(=O)CNC(=O)CCCC(=O)C(C)C. The van der Waals surface area contributed by atoms with Crippen LogP contribution in [-0.4, -0.2) is 44.3 Å². The molecule has 0 radical (unpaired) electrons. The van der Waals surface area contributed by atoms with Crippen molar-refractivity contribution >= 4 is 17.6 Å². The van der Waals surface area contributed by atoms with Gasteiger partial charge in [-0.3, -0.25) is 14.4 Å². The molecule has 2 amide bonds. The number of hydrogen-bond donors (Lipinski definition) is 3. The summed E-state index contributed by atoms with van der Waals surface area (Å²) in [6.45, 7) is 4.90. The van der Waals surface area contributed by atoms with Crippen LogP contribution in [0.15, 0.2) is 0 Å². The van der Waals surface area contributed by atoms with Gasteiger partial charge < -0.3 is 16.0 Å². The minimum Gasteiger partial charge on any atom is -0.353 e. The summed E-state index contributed by atoms with van der Waals surface area (Å²) < 4.78 is 0. The van der Waals surface area contributed by atoms with Crippen molar-refractivity contribution in [2.24, 2.45) is 5.92 Å². The number of carbonyl (C=O) groups is 3. The van der Waals surface area contributed by atoms with Gasteiger partial charge >= 0.3 is 0 Å². The Bertz CT molecular complexity index is 304. The Morgan fingerprint density at radius 1 is 0.947 bits per heavy atom. The van der Waals surface area contributed by atoms with Crippen molar-refractivity contribution < 1.29 is 14.4 Å². The number of ketones is 1. The monoisotopic (exact) mass is 271 g/mol. The smallest absolute Gasteiger partial charge is 0.239 e. The molecule has 0 spiro atoms. The fourth-order valence-electron chi connectivity index (χ4n) is 1.37. The lowest BCUT2D eigenvalue weighted by atomic mass is 10.0. The molecule has 3 N–H and O–H groups in total. The number of amides is 2.